The van der Waals surface area contributed by atoms with Gasteiger partial charge in [-0.1, -0.05) is 11.6 Å². The van der Waals surface area contributed by atoms with E-state index in [1.165, 1.54) is 25.7 Å². The van der Waals surface area contributed by atoms with Crippen LogP contribution in [0.25, 0.3) is 0 Å². The van der Waals surface area contributed by atoms with E-state index in [0.29, 0.717) is 0 Å². The molecule has 0 unspecified atom stereocenters. The molecule has 1 aliphatic carbocycles. The van der Waals surface area contributed by atoms with Gasteiger partial charge in [0.2, 0.25) is 0 Å². The average molecular weight is 275 g/mol. The molecule has 0 amide bonds. The number of nitrogens with zero attached hydrogens (tertiary/aromatic N) is 3. The first-order valence-corrected chi connectivity index (χ1v) is 7.38. The minimum absolute atomic E-state index is 0.746. The first kappa shape index (κ1) is 14.6. The highest BCUT2D eigenvalue weighted by Crippen LogP contribution is 2.19. The van der Waals surface area contributed by atoms with Crippen LogP contribution < -0.4 is 10.6 Å². The van der Waals surface area contributed by atoms with Gasteiger partial charge in [-0.15, -0.1) is 0 Å². The molecule has 1 aromatic rings. The van der Waals surface area contributed by atoms with Crippen molar-refractivity contribution in [3.05, 3.63) is 29.6 Å². The van der Waals surface area contributed by atoms with Crippen molar-refractivity contribution in [2.24, 2.45) is 12.0 Å². The SMILES string of the molecule is CN=C(NCCC1=CCCCC1)NCc1cnn(C)c1. The van der Waals surface area contributed by atoms with Crippen molar-refractivity contribution in [1.29, 1.82) is 0 Å². The third kappa shape index (κ3) is 4.72. The molecule has 0 saturated carbocycles. The van der Waals surface area contributed by atoms with E-state index < -0.39 is 0 Å². The largest absolute Gasteiger partial charge is 0.356 e. The summed E-state index contributed by atoms with van der Waals surface area (Å²) in [5, 5.41) is 10.8. The number of allylic oxidation sites excluding steroid dienone is 1. The lowest BCUT2D eigenvalue weighted by molar-refractivity contribution is 0.665. The summed E-state index contributed by atoms with van der Waals surface area (Å²) >= 11 is 0. The molecule has 0 aliphatic heterocycles. The van der Waals surface area contributed by atoms with Gasteiger partial charge in [0.25, 0.3) is 0 Å². The summed E-state index contributed by atoms with van der Waals surface area (Å²) in [6, 6.07) is 0. The zero-order valence-corrected chi connectivity index (χ0v) is 12.5. The van der Waals surface area contributed by atoms with Crippen molar-refractivity contribution >= 4 is 5.96 Å². The number of hydrogen-bond acceptors (Lipinski definition) is 2. The zero-order valence-electron chi connectivity index (χ0n) is 12.5. The maximum absolute atomic E-state index is 4.24. The van der Waals surface area contributed by atoms with Crippen LogP contribution in [0.3, 0.4) is 0 Å². The van der Waals surface area contributed by atoms with Crippen molar-refractivity contribution in [2.75, 3.05) is 13.6 Å². The summed E-state index contributed by atoms with van der Waals surface area (Å²) < 4.78 is 1.81. The summed E-state index contributed by atoms with van der Waals surface area (Å²) in [6.45, 7) is 1.69. The lowest BCUT2D eigenvalue weighted by atomic mass is 9.97. The highest BCUT2D eigenvalue weighted by molar-refractivity contribution is 5.79. The number of rotatable bonds is 5. The van der Waals surface area contributed by atoms with Gasteiger partial charge < -0.3 is 10.6 Å². The molecule has 2 N–H and O–H groups in total. The Labute approximate surface area is 121 Å². The van der Waals surface area contributed by atoms with Crippen LogP contribution in [0.5, 0.6) is 0 Å². The Bertz CT molecular complexity index is 472. The molecule has 1 aromatic heterocycles. The van der Waals surface area contributed by atoms with E-state index in [4.69, 9.17) is 0 Å². The van der Waals surface area contributed by atoms with Crippen LogP contribution in [0.4, 0.5) is 0 Å². The molecule has 0 bridgehead atoms. The molecule has 5 heteroatoms. The van der Waals surface area contributed by atoms with E-state index in [1.807, 2.05) is 24.1 Å². The highest BCUT2D eigenvalue weighted by atomic mass is 15.2. The van der Waals surface area contributed by atoms with Crippen LogP contribution in [0.2, 0.25) is 0 Å². The maximum Gasteiger partial charge on any atom is 0.191 e. The molecule has 0 spiro atoms. The van der Waals surface area contributed by atoms with E-state index in [1.54, 1.807) is 12.6 Å². The van der Waals surface area contributed by atoms with Crippen LogP contribution in [0.1, 0.15) is 37.7 Å². The van der Waals surface area contributed by atoms with Gasteiger partial charge in [-0.2, -0.15) is 5.10 Å². The first-order chi connectivity index (χ1) is 9.78. The normalized spacial score (nSPS) is 15.9. The summed E-state index contributed by atoms with van der Waals surface area (Å²) in [6.07, 6.45) is 12.6. The van der Waals surface area contributed by atoms with Crippen LogP contribution >= 0.6 is 0 Å². The van der Waals surface area contributed by atoms with Gasteiger partial charge in [-0.25, -0.2) is 0 Å². The first-order valence-electron chi connectivity index (χ1n) is 7.38. The summed E-state index contributed by atoms with van der Waals surface area (Å²) in [5.41, 5.74) is 2.75. The minimum Gasteiger partial charge on any atom is -0.356 e. The Balaban J connectivity index is 1.68. The Kier molecular flexibility index (Phi) is 5.65. The van der Waals surface area contributed by atoms with Gasteiger partial charge in [0.05, 0.1) is 6.20 Å². The van der Waals surface area contributed by atoms with Crippen molar-refractivity contribution < 1.29 is 0 Å². The van der Waals surface area contributed by atoms with Crippen molar-refractivity contribution in [2.45, 2.75) is 38.6 Å². The fourth-order valence-corrected chi connectivity index (χ4v) is 2.44. The molecule has 110 valence electrons. The van der Waals surface area contributed by atoms with E-state index in [0.717, 1.165) is 31.0 Å². The summed E-state index contributed by atoms with van der Waals surface area (Å²) in [7, 11) is 3.73. The van der Waals surface area contributed by atoms with E-state index in [9.17, 15) is 0 Å². The number of aryl methyl sites for hydroxylation is 1. The van der Waals surface area contributed by atoms with Gasteiger partial charge in [0, 0.05) is 38.9 Å². The lowest BCUT2D eigenvalue weighted by Crippen LogP contribution is -2.37. The third-order valence-corrected chi connectivity index (χ3v) is 3.57. The van der Waals surface area contributed by atoms with Crippen LogP contribution in [0, 0.1) is 0 Å². The number of hydrogen-bond donors (Lipinski definition) is 2. The van der Waals surface area contributed by atoms with Crippen LogP contribution in [0.15, 0.2) is 29.0 Å². The molecule has 5 nitrogen and oxygen atoms in total. The molecule has 0 fully saturated rings. The van der Waals surface area contributed by atoms with E-state index in [2.05, 4.69) is 26.8 Å². The van der Waals surface area contributed by atoms with Gasteiger partial charge in [-0.3, -0.25) is 9.67 Å². The number of aromatic nitrogens is 2. The smallest absolute Gasteiger partial charge is 0.191 e. The van der Waals surface area contributed by atoms with Crippen molar-refractivity contribution in [3.63, 3.8) is 0 Å². The summed E-state index contributed by atoms with van der Waals surface area (Å²) in [5.74, 6) is 0.852. The molecular formula is C15H25N5. The summed E-state index contributed by atoms with van der Waals surface area (Å²) in [4.78, 5) is 4.24. The van der Waals surface area contributed by atoms with E-state index >= 15 is 0 Å². The predicted octanol–water partition coefficient (Wildman–Crippen LogP) is 1.98. The van der Waals surface area contributed by atoms with E-state index in [-0.39, 0.29) is 0 Å². The fourth-order valence-electron chi connectivity index (χ4n) is 2.44. The monoisotopic (exact) mass is 275 g/mol. The van der Waals surface area contributed by atoms with Crippen LogP contribution in [-0.4, -0.2) is 29.3 Å². The van der Waals surface area contributed by atoms with Gasteiger partial charge >= 0.3 is 0 Å². The molecule has 0 atom stereocenters. The second-order valence-electron chi connectivity index (χ2n) is 5.23. The highest BCUT2D eigenvalue weighted by Gasteiger charge is 2.04. The second-order valence-corrected chi connectivity index (χ2v) is 5.23. The molecule has 20 heavy (non-hydrogen) atoms. The molecule has 1 heterocycles. The van der Waals surface area contributed by atoms with Gasteiger partial charge in [0.15, 0.2) is 5.96 Å². The van der Waals surface area contributed by atoms with Crippen molar-refractivity contribution in [3.8, 4) is 0 Å². The molecular weight excluding hydrogens is 250 g/mol. The minimum atomic E-state index is 0.746. The Morgan fingerprint density at radius 2 is 2.30 bits per heavy atom. The molecule has 0 saturated heterocycles. The third-order valence-electron chi connectivity index (χ3n) is 3.57. The number of aliphatic imine (C=N–C) groups is 1. The quantitative estimate of drug-likeness (QED) is 0.491. The maximum atomic E-state index is 4.24. The Hall–Kier alpha value is -1.78. The second kappa shape index (κ2) is 7.72. The molecule has 2 rings (SSSR count). The topological polar surface area (TPSA) is 54.2 Å². The molecule has 0 aromatic carbocycles. The zero-order chi connectivity index (χ0) is 14.2. The Morgan fingerprint density at radius 1 is 1.40 bits per heavy atom. The average Bonchev–Trinajstić information content (AvgIpc) is 2.89. The van der Waals surface area contributed by atoms with Crippen LogP contribution in [-0.2, 0) is 13.6 Å². The van der Waals surface area contributed by atoms with Gasteiger partial charge in [0.1, 0.15) is 0 Å². The van der Waals surface area contributed by atoms with Gasteiger partial charge in [-0.05, 0) is 32.1 Å². The standard InChI is InChI=1S/C15H25N5/c1-16-15(18-10-14-11-19-20(2)12-14)17-9-8-13-6-4-3-5-7-13/h6,11-12H,3-5,7-10H2,1-2H3,(H2,16,17,18). The van der Waals surface area contributed by atoms with Crippen molar-refractivity contribution in [1.82, 2.24) is 20.4 Å². The lowest BCUT2D eigenvalue weighted by Gasteiger charge is -2.15. The number of nitrogens with one attached hydrogen (secondary N) is 2. The fraction of sp³-hybridized carbons (Fsp3) is 0.600. The molecule has 0 radical (unpaired) electrons. The Morgan fingerprint density at radius 3 is 2.95 bits per heavy atom. The molecule has 1 aliphatic rings. The predicted molar refractivity (Wildman–Crippen MR) is 82.6 cm³/mol. The number of guanidine groups is 1.